The molecule has 0 aliphatic carbocycles. The number of rotatable bonds is 6. The van der Waals surface area contributed by atoms with E-state index in [0.29, 0.717) is 31.2 Å². The second kappa shape index (κ2) is 8.52. The monoisotopic (exact) mass is 364 g/mol. The molecule has 2 heterocycles. The summed E-state index contributed by atoms with van der Waals surface area (Å²) in [7, 11) is 0. The number of hydrogen-bond donors (Lipinski definition) is 1. The Morgan fingerprint density at radius 1 is 1.35 bits per heavy atom. The summed E-state index contributed by atoms with van der Waals surface area (Å²) in [6, 6.07) is 6.35. The van der Waals surface area contributed by atoms with Gasteiger partial charge in [0, 0.05) is 25.5 Å². The van der Waals surface area contributed by atoms with Crippen molar-refractivity contribution in [1.82, 2.24) is 14.9 Å². The van der Waals surface area contributed by atoms with Crippen LogP contribution in [0.15, 0.2) is 36.7 Å². The van der Waals surface area contributed by atoms with Crippen LogP contribution in [0.3, 0.4) is 0 Å². The number of benzene rings is 1. The summed E-state index contributed by atoms with van der Waals surface area (Å²) in [5.74, 6) is 0.245. The molecule has 1 aliphatic rings. The average molecular weight is 364 g/mol. The van der Waals surface area contributed by atoms with Crippen LogP contribution >= 0.6 is 0 Å². The van der Waals surface area contributed by atoms with E-state index in [9.17, 15) is 13.6 Å². The number of nitrogens with one attached hydrogen (secondary N) is 1. The van der Waals surface area contributed by atoms with Gasteiger partial charge in [0.25, 0.3) is 5.91 Å². The first-order chi connectivity index (χ1) is 12.6. The molecular formula is C17H18F2N4O3. The van der Waals surface area contributed by atoms with Crippen LogP contribution in [0.25, 0.3) is 0 Å². The third-order valence-corrected chi connectivity index (χ3v) is 3.72. The Balaban J connectivity index is 1.57. The van der Waals surface area contributed by atoms with E-state index in [0.717, 1.165) is 12.0 Å². The molecule has 26 heavy (non-hydrogen) atoms. The number of anilines is 1. The minimum Gasteiger partial charge on any atom is -0.435 e. The number of halogens is 2. The highest BCUT2D eigenvalue weighted by Gasteiger charge is 2.19. The zero-order chi connectivity index (χ0) is 18.4. The predicted molar refractivity (Wildman–Crippen MR) is 88.9 cm³/mol. The number of carbonyl (C=O) groups is 1. The van der Waals surface area contributed by atoms with E-state index < -0.39 is 6.61 Å². The van der Waals surface area contributed by atoms with Crippen LogP contribution in [0.4, 0.5) is 14.7 Å². The minimum atomic E-state index is -2.86. The quantitative estimate of drug-likeness (QED) is 0.849. The molecule has 1 saturated heterocycles. The first kappa shape index (κ1) is 18.0. The summed E-state index contributed by atoms with van der Waals surface area (Å²) in [4.78, 5) is 22.1. The molecule has 0 unspecified atom stereocenters. The van der Waals surface area contributed by atoms with Gasteiger partial charge < -0.3 is 19.7 Å². The number of hydrogen-bond acceptors (Lipinski definition) is 6. The molecule has 9 heteroatoms. The van der Waals surface area contributed by atoms with E-state index in [-0.39, 0.29) is 18.4 Å². The summed E-state index contributed by atoms with van der Waals surface area (Å²) in [6.45, 7) is -0.955. The second-order valence-electron chi connectivity index (χ2n) is 5.63. The van der Waals surface area contributed by atoms with Gasteiger partial charge in [-0.15, -0.1) is 0 Å². The van der Waals surface area contributed by atoms with Gasteiger partial charge in [-0.05, 0) is 24.1 Å². The van der Waals surface area contributed by atoms with Crippen LogP contribution in [-0.4, -0.2) is 47.3 Å². The second-order valence-corrected chi connectivity index (χ2v) is 5.63. The first-order valence-corrected chi connectivity index (χ1v) is 8.08. The van der Waals surface area contributed by atoms with Crippen molar-refractivity contribution in [1.29, 1.82) is 0 Å². The molecule has 138 valence electrons. The average Bonchev–Trinajstić information content (AvgIpc) is 2.67. The molecule has 2 aromatic rings. The molecule has 0 saturated carbocycles. The maximum Gasteiger partial charge on any atom is 0.387 e. The molecule has 0 bridgehead atoms. The third-order valence-electron chi connectivity index (χ3n) is 3.72. The normalized spacial score (nSPS) is 14.3. The minimum absolute atomic E-state index is 0.0879. The standard InChI is InChI=1S/C17H18F2N4O3/c18-16(19)26-14-4-1-3-12(7-14)8-20-17-21-9-13(10-22-17)15(24)23-5-2-6-25-11-23/h1,3-4,7,9-10,16H,2,5-6,8,11H2,(H,20,21,22). The van der Waals surface area contributed by atoms with Crippen LogP contribution in [0.1, 0.15) is 22.3 Å². The molecule has 7 nitrogen and oxygen atoms in total. The van der Waals surface area contributed by atoms with E-state index in [1.165, 1.54) is 24.5 Å². The number of aromatic nitrogens is 2. The van der Waals surface area contributed by atoms with Crippen LogP contribution in [-0.2, 0) is 11.3 Å². The fourth-order valence-corrected chi connectivity index (χ4v) is 2.48. The lowest BCUT2D eigenvalue weighted by molar-refractivity contribution is -0.0498. The fraction of sp³-hybridized carbons (Fsp3) is 0.353. The highest BCUT2D eigenvalue weighted by atomic mass is 19.3. The van der Waals surface area contributed by atoms with Crippen molar-refractivity contribution in [2.45, 2.75) is 19.6 Å². The van der Waals surface area contributed by atoms with Crippen molar-refractivity contribution in [2.75, 3.05) is 25.2 Å². The Labute approximate surface area is 149 Å². The molecule has 1 aliphatic heterocycles. The summed E-state index contributed by atoms with van der Waals surface area (Å²) in [5, 5.41) is 2.97. The van der Waals surface area contributed by atoms with Gasteiger partial charge in [0.05, 0.1) is 12.2 Å². The topological polar surface area (TPSA) is 76.6 Å². The van der Waals surface area contributed by atoms with E-state index in [1.54, 1.807) is 17.0 Å². The zero-order valence-electron chi connectivity index (χ0n) is 13.9. The maximum absolute atomic E-state index is 12.3. The Bertz CT molecular complexity index is 737. The van der Waals surface area contributed by atoms with Crippen molar-refractivity contribution >= 4 is 11.9 Å². The number of nitrogens with zero attached hydrogens (tertiary/aromatic N) is 3. The number of amides is 1. The molecule has 0 atom stereocenters. The smallest absolute Gasteiger partial charge is 0.387 e. The number of carbonyl (C=O) groups excluding carboxylic acids is 1. The molecule has 1 aromatic heterocycles. The molecule has 1 fully saturated rings. The van der Waals surface area contributed by atoms with Gasteiger partial charge in [0.1, 0.15) is 12.5 Å². The van der Waals surface area contributed by atoms with Gasteiger partial charge in [0.15, 0.2) is 0 Å². The Morgan fingerprint density at radius 2 is 2.15 bits per heavy atom. The van der Waals surface area contributed by atoms with Gasteiger partial charge in [0.2, 0.25) is 5.95 Å². The summed E-state index contributed by atoms with van der Waals surface area (Å²) in [5.41, 5.74) is 1.12. The third kappa shape index (κ3) is 4.85. The zero-order valence-corrected chi connectivity index (χ0v) is 13.9. The van der Waals surface area contributed by atoms with E-state index >= 15 is 0 Å². The molecule has 0 radical (unpaired) electrons. The molecule has 3 rings (SSSR count). The Hall–Kier alpha value is -2.81. The van der Waals surface area contributed by atoms with Gasteiger partial charge >= 0.3 is 6.61 Å². The van der Waals surface area contributed by atoms with E-state index in [4.69, 9.17) is 4.74 Å². The lowest BCUT2D eigenvalue weighted by Crippen LogP contribution is -2.38. The molecule has 1 N–H and O–H groups in total. The SMILES string of the molecule is O=C(c1cnc(NCc2cccc(OC(F)F)c2)nc1)N1CCCOC1. The predicted octanol–water partition coefficient (Wildman–Crippen LogP) is 2.51. The maximum atomic E-state index is 12.3. The van der Waals surface area contributed by atoms with Crippen LogP contribution in [0.2, 0.25) is 0 Å². The lowest BCUT2D eigenvalue weighted by Gasteiger charge is -2.26. The van der Waals surface area contributed by atoms with Crippen LogP contribution < -0.4 is 10.1 Å². The summed E-state index contributed by atoms with van der Waals surface area (Å²) < 4.78 is 34.1. The van der Waals surface area contributed by atoms with Crippen LogP contribution in [0, 0.1) is 0 Å². The Kier molecular flexibility index (Phi) is 5.90. The van der Waals surface area contributed by atoms with Crippen LogP contribution in [0.5, 0.6) is 5.75 Å². The highest BCUT2D eigenvalue weighted by molar-refractivity contribution is 5.93. The van der Waals surface area contributed by atoms with Crippen molar-refractivity contribution in [3.63, 3.8) is 0 Å². The summed E-state index contributed by atoms with van der Waals surface area (Å²) in [6.07, 6.45) is 3.70. The summed E-state index contributed by atoms with van der Waals surface area (Å²) >= 11 is 0. The van der Waals surface area contributed by atoms with E-state index in [2.05, 4.69) is 20.0 Å². The van der Waals surface area contributed by atoms with Crippen molar-refractivity contribution in [3.05, 3.63) is 47.8 Å². The number of alkyl halides is 2. The molecule has 1 amide bonds. The molecule has 1 aromatic carbocycles. The van der Waals surface area contributed by atoms with Crippen molar-refractivity contribution in [2.24, 2.45) is 0 Å². The van der Waals surface area contributed by atoms with Gasteiger partial charge in [-0.25, -0.2) is 9.97 Å². The van der Waals surface area contributed by atoms with Crippen molar-refractivity contribution in [3.8, 4) is 5.75 Å². The highest BCUT2D eigenvalue weighted by Crippen LogP contribution is 2.16. The molecule has 0 spiro atoms. The van der Waals surface area contributed by atoms with Gasteiger partial charge in [-0.3, -0.25) is 4.79 Å². The largest absolute Gasteiger partial charge is 0.435 e. The van der Waals surface area contributed by atoms with Crippen molar-refractivity contribution < 1.29 is 23.0 Å². The first-order valence-electron chi connectivity index (χ1n) is 8.08. The van der Waals surface area contributed by atoms with Gasteiger partial charge in [-0.1, -0.05) is 12.1 Å². The van der Waals surface area contributed by atoms with E-state index in [1.807, 2.05) is 0 Å². The fourth-order valence-electron chi connectivity index (χ4n) is 2.48. The Morgan fingerprint density at radius 3 is 2.85 bits per heavy atom. The molecular weight excluding hydrogens is 346 g/mol. The number of ether oxygens (including phenoxy) is 2. The van der Waals surface area contributed by atoms with Gasteiger partial charge in [-0.2, -0.15) is 8.78 Å². The lowest BCUT2D eigenvalue weighted by atomic mass is 10.2.